The SMILES string of the molecule is Cc1cc(OCCOCC[NH+]2CC[NH+](C)CC2)c(Cl)c(C)c1Cl. The van der Waals surface area contributed by atoms with Gasteiger partial charge in [0.1, 0.15) is 45.1 Å². The van der Waals surface area contributed by atoms with Gasteiger partial charge >= 0.3 is 0 Å². The fourth-order valence-corrected chi connectivity index (χ4v) is 3.22. The van der Waals surface area contributed by atoms with Crippen LogP contribution in [0.3, 0.4) is 0 Å². The number of nitrogens with one attached hydrogen (secondary N) is 2. The van der Waals surface area contributed by atoms with Crippen LogP contribution in [0, 0.1) is 13.8 Å². The van der Waals surface area contributed by atoms with E-state index in [2.05, 4.69) is 7.05 Å². The molecule has 0 bridgehead atoms. The van der Waals surface area contributed by atoms with Gasteiger partial charge in [0.25, 0.3) is 0 Å². The van der Waals surface area contributed by atoms with Gasteiger partial charge in [0.05, 0.1) is 25.3 Å². The van der Waals surface area contributed by atoms with Crippen LogP contribution in [0.1, 0.15) is 11.1 Å². The number of aryl methyl sites for hydroxylation is 1. The van der Waals surface area contributed by atoms with E-state index in [9.17, 15) is 0 Å². The van der Waals surface area contributed by atoms with Crippen molar-refractivity contribution in [1.29, 1.82) is 0 Å². The molecule has 130 valence electrons. The lowest BCUT2D eigenvalue weighted by atomic mass is 10.1. The normalized spacial score (nSPS) is 21.4. The van der Waals surface area contributed by atoms with E-state index in [-0.39, 0.29) is 0 Å². The molecule has 0 saturated carbocycles. The summed E-state index contributed by atoms with van der Waals surface area (Å²) in [6, 6.07) is 1.88. The lowest BCUT2D eigenvalue weighted by Gasteiger charge is -2.27. The molecule has 1 aromatic rings. The monoisotopic (exact) mass is 362 g/mol. The van der Waals surface area contributed by atoms with E-state index >= 15 is 0 Å². The van der Waals surface area contributed by atoms with Gasteiger partial charge in [-0.3, -0.25) is 0 Å². The number of hydrogen-bond donors (Lipinski definition) is 2. The first-order chi connectivity index (χ1) is 11.0. The van der Waals surface area contributed by atoms with Gasteiger partial charge in [0, 0.05) is 5.02 Å². The second-order valence-electron chi connectivity index (χ2n) is 6.36. The van der Waals surface area contributed by atoms with E-state index < -0.39 is 0 Å². The molecule has 0 spiro atoms. The van der Waals surface area contributed by atoms with E-state index in [1.54, 1.807) is 9.80 Å². The minimum absolute atomic E-state index is 0.502. The van der Waals surface area contributed by atoms with Crippen molar-refractivity contribution in [2.24, 2.45) is 0 Å². The third-order valence-electron chi connectivity index (χ3n) is 4.46. The number of benzene rings is 1. The molecule has 1 aromatic carbocycles. The molecule has 2 N–H and O–H groups in total. The van der Waals surface area contributed by atoms with Crippen LogP contribution in [0.15, 0.2) is 6.07 Å². The zero-order chi connectivity index (χ0) is 16.8. The third-order valence-corrected chi connectivity index (χ3v) is 5.52. The minimum atomic E-state index is 0.502. The van der Waals surface area contributed by atoms with Crippen molar-refractivity contribution in [2.45, 2.75) is 13.8 Å². The van der Waals surface area contributed by atoms with Crippen LogP contribution in [-0.4, -0.2) is 59.6 Å². The predicted molar refractivity (Wildman–Crippen MR) is 94.4 cm³/mol. The Morgan fingerprint density at radius 1 is 1.00 bits per heavy atom. The summed E-state index contributed by atoms with van der Waals surface area (Å²) in [5.74, 6) is 0.683. The van der Waals surface area contributed by atoms with E-state index in [0.29, 0.717) is 29.0 Å². The molecule has 0 radical (unpaired) electrons. The maximum absolute atomic E-state index is 6.27. The molecule has 0 unspecified atom stereocenters. The van der Waals surface area contributed by atoms with E-state index in [1.807, 2.05) is 19.9 Å². The summed E-state index contributed by atoms with van der Waals surface area (Å²) in [5, 5.41) is 1.29. The Morgan fingerprint density at radius 2 is 1.70 bits per heavy atom. The maximum atomic E-state index is 6.27. The Hall–Kier alpha value is -0.520. The van der Waals surface area contributed by atoms with Crippen molar-refractivity contribution in [3.8, 4) is 5.75 Å². The van der Waals surface area contributed by atoms with Gasteiger partial charge in [0.2, 0.25) is 0 Å². The quantitative estimate of drug-likeness (QED) is 0.688. The highest BCUT2D eigenvalue weighted by Gasteiger charge is 2.19. The maximum Gasteiger partial charge on any atom is 0.138 e. The molecule has 1 saturated heterocycles. The zero-order valence-electron chi connectivity index (χ0n) is 14.3. The molecule has 4 nitrogen and oxygen atoms in total. The first-order valence-corrected chi connectivity index (χ1v) is 9.05. The van der Waals surface area contributed by atoms with Gasteiger partial charge in [-0.2, -0.15) is 0 Å². The molecule has 0 aromatic heterocycles. The van der Waals surface area contributed by atoms with Gasteiger partial charge in [0.15, 0.2) is 0 Å². The standard InChI is InChI=1S/C17H26Cl2N2O2/c1-13-12-15(17(19)14(2)16(13)18)23-11-10-22-9-8-21-6-4-20(3)5-7-21/h12H,4-11H2,1-3H3/p+2. The van der Waals surface area contributed by atoms with Crippen molar-refractivity contribution >= 4 is 23.2 Å². The summed E-state index contributed by atoms with van der Waals surface area (Å²) in [6.07, 6.45) is 0. The van der Waals surface area contributed by atoms with Crippen molar-refractivity contribution in [2.75, 3.05) is 59.6 Å². The molecule has 0 amide bonds. The Morgan fingerprint density at radius 3 is 2.39 bits per heavy atom. The molecule has 1 fully saturated rings. The van der Waals surface area contributed by atoms with Crippen LogP contribution in [0.2, 0.25) is 10.0 Å². The average molecular weight is 363 g/mol. The fourth-order valence-electron chi connectivity index (χ4n) is 2.81. The predicted octanol–water partition coefficient (Wildman–Crippen LogP) is 0.419. The number of likely N-dealkylation sites (N-methyl/N-ethyl adjacent to an activating group) is 1. The lowest BCUT2D eigenvalue weighted by molar-refractivity contribution is -1.00. The zero-order valence-corrected chi connectivity index (χ0v) is 15.8. The van der Waals surface area contributed by atoms with E-state index in [4.69, 9.17) is 32.7 Å². The summed E-state index contributed by atoms with van der Waals surface area (Å²) in [5.41, 5.74) is 1.84. The summed E-state index contributed by atoms with van der Waals surface area (Å²) in [4.78, 5) is 3.28. The molecule has 1 aliphatic heterocycles. The van der Waals surface area contributed by atoms with Crippen LogP contribution in [0.4, 0.5) is 0 Å². The molecular formula is C17H28Cl2N2O2+2. The van der Waals surface area contributed by atoms with Crippen molar-refractivity contribution in [3.05, 3.63) is 27.2 Å². The van der Waals surface area contributed by atoms with Crippen molar-refractivity contribution < 1.29 is 19.3 Å². The largest absolute Gasteiger partial charge is 0.490 e. The van der Waals surface area contributed by atoms with Gasteiger partial charge < -0.3 is 19.3 Å². The Bertz CT molecular complexity index is 518. The second kappa shape index (κ2) is 9.09. The van der Waals surface area contributed by atoms with Crippen molar-refractivity contribution in [1.82, 2.24) is 0 Å². The van der Waals surface area contributed by atoms with Gasteiger partial charge in [-0.1, -0.05) is 23.2 Å². The Labute approximate surface area is 149 Å². The first kappa shape index (κ1) is 18.8. The first-order valence-electron chi connectivity index (χ1n) is 8.29. The summed E-state index contributed by atoms with van der Waals surface area (Å²) in [7, 11) is 2.26. The molecule has 6 heteroatoms. The highest BCUT2D eigenvalue weighted by atomic mass is 35.5. The number of hydrogen-bond acceptors (Lipinski definition) is 2. The van der Waals surface area contributed by atoms with Crippen LogP contribution >= 0.6 is 23.2 Å². The highest BCUT2D eigenvalue weighted by Crippen LogP contribution is 2.35. The minimum Gasteiger partial charge on any atom is -0.490 e. The molecular weight excluding hydrogens is 335 g/mol. The molecule has 1 aliphatic rings. The second-order valence-corrected chi connectivity index (χ2v) is 7.12. The molecule has 0 aliphatic carbocycles. The third kappa shape index (κ3) is 5.50. The van der Waals surface area contributed by atoms with E-state index in [0.717, 1.165) is 24.3 Å². The number of quaternary nitrogens is 2. The lowest BCUT2D eigenvalue weighted by Crippen LogP contribution is -3.27. The topological polar surface area (TPSA) is 27.3 Å². The van der Waals surface area contributed by atoms with Crippen LogP contribution in [-0.2, 0) is 4.74 Å². The van der Waals surface area contributed by atoms with Crippen molar-refractivity contribution in [3.63, 3.8) is 0 Å². The van der Waals surface area contributed by atoms with Crippen LogP contribution in [0.5, 0.6) is 5.75 Å². The number of halogens is 2. The van der Waals surface area contributed by atoms with E-state index in [1.165, 1.54) is 26.2 Å². The van der Waals surface area contributed by atoms with Crippen LogP contribution in [0.25, 0.3) is 0 Å². The highest BCUT2D eigenvalue weighted by molar-refractivity contribution is 6.37. The average Bonchev–Trinajstić information content (AvgIpc) is 2.55. The summed E-state index contributed by atoms with van der Waals surface area (Å²) < 4.78 is 11.4. The Kier molecular flexibility index (Phi) is 7.44. The van der Waals surface area contributed by atoms with Crippen LogP contribution < -0.4 is 14.5 Å². The van der Waals surface area contributed by atoms with Gasteiger partial charge in [-0.15, -0.1) is 0 Å². The number of piperazine rings is 1. The number of ether oxygens (including phenoxy) is 2. The number of rotatable bonds is 7. The van der Waals surface area contributed by atoms with Gasteiger partial charge in [-0.05, 0) is 31.0 Å². The molecule has 0 atom stereocenters. The summed E-state index contributed by atoms with van der Waals surface area (Å²) >= 11 is 12.4. The Balaban J connectivity index is 1.64. The molecule has 23 heavy (non-hydrogen) atoms. The molecule has 1 heterocycles. The fraction of sp³-hybridized carbons (Fsp3) is 0.647. The smallest absolute Gasteiger partial charge is 0.138 e. The van der Waals surface area contributed by atoms with Gasteiger partial charge in [-0.25, -0.2) is 0 Å². The summed E-state index contributed by atoms with van der Waals surface area (Å²) in [6.45, 7) is 11.8. The molecule has 2 rings (SSSR count).